The van der Waals surface area contributed by atoms with Gasteiger partial charge in [-0.2, -0.15) is 0 Å². The SMILES string of the molecule is Cc1ccc([C@H](CC(=O)Nc2ccc3c(c2)OCO3)N2Cc3ccccc3C2=O)cc1. The van der Waals surface area contributed by atoms with Gasteiger partial charge in [0.15, 0.2) is 11.5 Å². The molecule has 0 aromatic heterocycles. The van der Waals surface area contributed by atoms with Gasteiger partial charge in [-0.25, -0.2) is 0 Å². The second kappa shape index (κ2) is 7.80. The van der Waals surface area contributed by atoms with Crippen LogP contribution in [0.5, 0.6) is 11.5 Å². The Hall–Kier alpha value is -3.80. The molecule has 2 aliphatic heterocycles. The maximum absolute atomic E-state index is 13.1. The van der Waals surface area contributed by atoms with Gasteiger partial charge in [0.1, 0.15) is 0 Å². The molecule has 6 heteroatoms. The first-order valence-corrected chi connectivity index (χ1v) is 10.2. The lowest BCUT2D eigenvalue weighted by Gasteiger charge is -2.28. The molecule has 3 aromatic rings. The van der Waals surface area contributed by atoms with Crippen LogP contribution in [0.2, 0.25) is 0 Å². The second-order valence-corrected chi connectivity index (χ2v) is 7.84. The second-order valence-electron chi connectivity index (χ2n) is 7.84. The highest BCUT2D eigenvalue weighted by molar-refractivity contribution is 5.99. The fraction of sp³-hybridized carbons (Fsp3) is 0.200. The number of anilines is 1. The molecule has 0 aliphatic carbocycles. The van der Waals surface area contributed by atoms with Crippen LogP contribution in [0.1, 0.15) is 39.5 Å². The molecule has 1 atom stereocenters. The molecule has 6 nitrogen and oxygen atoms in total. The number of hydrogen-bond donors (Lipinski definition) is 1. The number of nitrogens with one attached hydrogen (secondary N) is 1. The number of fused-ring (bicyclic) bond motifs is 2. The van der Waals surface area contributed by atoms with Crippen LogP contribution in [0.4, 0.5) is 5.69 Å². The Labute approximate surface area is 180 Å². The standard InChI is InChI=1S/C25H22N2O4/c1-16-6-8-17(9-7-16)21(27-14-18-4-2-3-5-20(18)25(27)29)13-24(28)26-19-10-11-22-23(12-19)31-15-30-22/h2-12,21H,13-15H2,1H3,(H,26,28)/t21-/m0/s1. The van der Waals surface area contributed by atoms with E-state index in [1.165, 1.54) is 0 Å². The van der Waals surface area contributed by atoms with E-state index in [1.54, 1.807) is 23.1 Å². The van der Waals surface area contributed by atoms with Gasteiger partial charge in [0.25, 0.3) is 5.91 Å². The van der Waals surface area contributed by atoms with Crippen molar-refractivity contribution >= 4 is 17.5 Å². The molecule has 3 aromatic carbocycles. The van der Waals surface area contributed by atoms with Crippen LogP contribution in [0.15, 0.2) is 66.7 Å². The van der Waals surface area contributed by atoms with Crippen molar-refractivity contribution in [2.24, 2.45) is 0 Å². The monoisotopic (exact) mass is 414 g/mol. The molecule has 156 valence electrons. The number of amides is 2. The fourth-order valence-corrected chi connectivity index (χ4v) is 4.09. The highest BCUT2D eigenvalue weighted by atomic mass is 16.7. The molecule has 1 N–H and O–H groups in total. The molecule has 0 bridgehead atoms. The average molecular weight is 414 g/mol. The van der Waals surface area contributed by atoms with E-state index in [0.717, 1.165) is 16.7 Å². The van der Waals surface area contributed by atoms with E-state index in [1.807, 2.05) is 55.5 Å². The third-order valence-electron chi connectivity index (χ3n) is 5.72. The topological polar surface area (TPSA) is 67.9 Å². The number of benzene rings is 3. The number of nitrogens with zero attached hydrogens (tertiary/aromatic N) is 1. The van der Waals surface area contributed by atoms with Gasteiger partial charge in [-0.05, 0) is 36.2 Å². The van der Waals surface area contributed by atoms with Crippen molar-refractivity contribution < 1.29 is 19.1 Å². The van der Waals surface area contributed by atoms with Gasteiger partial charge in [-0.3, -0.25) is 9.59 Å². The van der Waals surface area contributed by atoms with Gasteiger partial charge in [0.2, 0.25) is 12.7 Å². The van der Waals surface area contributed by atoms with E-state index in [0.29, 0.717) is 29.3 Å². The molecule has 0 spiro atoms. The number of carbonyl (C=O) groups is 2. The van der Waals surface area contributed by atoms with Gasteiger partial charge < -0.3 is 19.7 Å². The van der Waals surface area contributed by atoms with Crippen LogP contribution in [0, 0.1) is 6.92 Å². The summed E-state index contributed by atoms with van der Waals surface area (Å²) in [5, 5.41) is 2.93. The van der Waals surface area contributed by atoms with Crippen LogP contribution >= 0.6 is 0 Å². The molecule has 0 radical (unpaired) electrons. The van der Waals surface area contributed by atoms with E-state index in [9.17, 15) is 9.59 Å². The predicted octanol–water partition coefficient (Wildman–Crippen LogP) is 4.45. The third kappa shape index (κ3) is 3.72. The molecule has 0 fully saturated rings. The van der Waals surface area contributed by atoms with Crippen molar-refractivity contribution in [3.63, 3.8) is 0 Å². The summed E-state index contributed by atoms with van der Waals surface area (Å²) >= 11 is 0. The first-order chi connectivity index (χ1) is 15.1. The highest BCUT2D eigenvalue weighted by Crippen LogP contribution is 2.36. The molecule has 0 saturated carbocycles. The highest BCUT2D eigenvalue weighted by Gasteiger charge is 2.34. The number of aryl methyl sites for hydroxylation is 1. The van der Waals surface area contributed by atoms with Crippen molar-refractivity contribution in [2.75, 3.05) is 12.1 Å². The van der Waals surface area contributed by atoms with Crippen molar-refractivity contribution in [1.82, 2.24) is 4.90 Å². The first kappa shape index (κ1) is 19.2. The smallest absolute Gasteiger partial charge is 0.255 e. The minimum Gasteiger partial charge on any atom is -0.454 e. The van der Waals surface area contributed by atoms with E-state index >= 15 is 0 Å². The van der Waals surface area contributed by atoms with E-state index in [-0.39, 0.29) is 31.1 Å². The Kier molecular flexibility index (Phi) is 4.82. The summed E-state index contributed by atoms with van der Waals surface area (Å²) in [6.07, 6.45) is 0.150. The van der Waals surface area contributed by atoms with Gasteiger partial charge in [-0.15, -0.1) is 0 Å². The molecule has 2 heterocycles. The minimum atomic E-state index is -0.366. The molecular weight excluding hydrogens is 392 g/mol. The summed E-state index contributed by atoms with van der Waals surface area (Å²) in [5.41, 5.74) is 4.39. The molecule has 2 amide bonds. The molecule has 2 aliphatic rings. The number of rotatable bonds is 5. The quantitative estimate of drug-likeness (QED) is 0.670. The Balaban J connectivity index is 1.39. The zero-order valence-electron chi connectivity index (χ0n) is 17.1. The van der Waals surface area contributed by atoms with Crippen molar-refractivity contribution in [2.45, 2.75) is 25.9 Å². The van der Waals surface area contributed by atoms with Gasteiger partial charge >= 0.3 is 0 Å². The van der Waals surface area contributed by atoms with Crippen molar-refractivity contribution in [1.29, 1.82) is 0 Å². The van der Waals surface area contributed by atoms with Gasteiger partial charge in [-0.1, -0.05) is 48.0 Å². The summed E-state index contributed by atoms with van der Waals surface area (Å²) in [4.78, 5) is 27.9. The minimum absolute atomic E-state index is 0.0444. The third-order valence-corrected chi connectivity index (χ3v) is 5.72. The Bertz CT molecular complexity index is 1160. The normalized spacial score (nSPS) is 15.0. The average Bonchev–Trinajstić information content (AvgIpc) is 3.37. The Morgan fingerprint density at radius 3 is 2.61 bits per heavy atom. The maximum Gasteiger partial charge on any atom is 0.255 e. The first-order valence-electron chi connectivity index (χ1n) is 10.2. The number of hydrogen-bond acceptors (Lipinski definition) is 4. The zero-order valence-corrected chi connectivity index (χ0v) is 17.1. The zero-order chi connectivity index (χ0) is 21.4. The van der Waals surface area contributed by atoms with Gasteiger partial charge in [0, 0.05) is 23.9 Å². The van der Waals surface area contributed by atoms with Crippen molar-refractivity contribution in [3.8, 4) is 11.5 Å². The van der Waals surface area contributed by atoms with E-state index in [4.69, 9.17) is 9.47 Å². The number of carbonyl (C=O) groups excluding carboxylic acids is 2. The van der Waals surface area contributed by atoms with E-state index in [2.05, 4.69) is 5.32 Å². The fourth-order valence-electron chi connectivity index (χ4n) is 4.09. The molecule has 0 unspecified atom stereocenters. The van der Waals surface area contributed by atoms with Crippen LogP contribution in [0.25, 0.3) is 0 Å². The maximum atomic E-state index is 13.1. The Morgan fingerprint density at radius 1 is 1.03 bits per heavy atom. The largest absolute Gasteiger partial charge is 0.454 e. The molecule has 0 saturated heterocycles. The summed E-state index contributed by atoms with van der Waals surface area (Å²) in [5.74, 6) is 1.05. The van der Waals surface area contributed by atoms with E-state index < -0.39 is 0 Å². The predicted molar refractivity (Wildman–Crippen MR) is 116 cm³/mol. The molecule has 31 heavy (non-hydrogen) atoms. The number of ether oxygens (including phenoxy) is 2. The van der Waals surface area contributed by atoms with Crippen LogP contribution in [0.3, 0.4) is 0 Å². The van der Waals surface area contributed by atoms with Crippen LogP contribution in [-0.4, -0.2) is 23.5 Å². The lowest BCUT2D eigenvalue weighted by atomic mass is 10.00. The lowest BCUT2D eigenvalue weighted by Crippen LogP contribution is -2.32. The summed E-state index contributed by atoms with van der Waals surface area (Å²) in [6, 6.07) is 20.5. The molecule has 5 rings (SSSR count). The summed E-state index contributed by atoms with van der Waals surface area (Å²) in [6.45, 7) is 2.69. The Morgan fingerprint density at radius 2 is 1.81 bits per heavy atom. The van der Waals surface area contributed by atoms with Crippen LogP contribution < -0.4 is 14.8 Å². The van der Waals surface area contributed by atoms with Gasteiger partial charge in [0.05, 0.1) is 12.5 Å². The summed E-state index contributed by atoms with van der Waals surface area (Å²) in [7, 11) is 0. The summed E-state index contributed by atoms with van der Waals surface area (Å²) < 4.78 is 10.7. The lowest BCUT2D eigenvalue weighted by molar-refractivity contribution is -0.117. The van der Waals surface area contributed by atoms with Crippen molar-refractivity contribution in [3.05, 3.63) is 89.0 Å². The molecular formula is C25H22N2O4. The van der Waals surface area contributed by atoms with Crippen LogP contribution in [-0.2, 0) is 11.3 Å².